The SMILES string of the molecule is Cc1cc(OCc2ccc(-c3ccc(OC(F)(F)F)cc3)nc2C)ccc1CCCCn1ccnn1. The van der Waals surface area contributed by atoms with E-state index in [9.17, 15) is 13.2 Å². The van der Waals surface area contributed by atoms with Crippen LogP contribution in [0.2, 0.25) is 0 Å². The number of hydrogen-bond acceptors (Lipinski definition) is 5. The molecule has 2 aromatic carbocycles. The highest BCUT2D eigenvalue weighted by molar-refractivity contribution is 5.60. The summed E-state index contributed by atoms with van der Waals surface area (Å²) in [5, 5.41) is 7.80. The van der Waals surface area contributed by atoms with Gasteiger partial charge in [0.2, 0.25) is 0 Å². The Balaban J connectivity index is 1.30. The summed E-state index contributed by atoms with van der Waals surface area (Å²) in [5.74, 6) is 0.531. The fourth-order valence-corrected chi connectivity index (χ4v) is 3.87. The molecule has 0 radical (unpaired) electrons. The van der Waals surface area contributed by atoms with Crippen molar-refractivity contribution in [2.75, 3.05) is 0 Å². The van der Waals surface area contributed by atoms with Gasteiger partial charge in [-0.05, 0) is 86.7 Å². The lowest BCUT2D eigenvalue weighted by molar-refractivity contribution is -0.274. The van der Waals surface area contributed by atoms with Crippen molar-refractivity contribution in [3.05, 3.63) is 89.4 Å². The van der Waals surface area contributed by atoms with E-state index in [2.05, 4.69) is 39.1 Å². The maximum Gasteiger partial charge on any atom is 0.573 e. The van der Waals surface area contributed by atoms with E-state index in [0.717, 1.165) is 42.8 Å². The van der Waals surface area contributed by atoms with Gasteiger partial charge in [-0.25, -0.2) is 0 Å². The first-order valence-electron chi connectivity index (χ1n) is 11.7. The van der Waals surface area contributed by atoms with Crippen molar-refractivity contribution in [1.29, 1.82) is 0 Å². The quantitative estimate of drug-likeness (QED) is 0.236. The summed E-state index contributed by atoms with van der Waals surface area (Å²) in [6, 6.07) is 15.6. The van der Waals surface area contributed by atoms with Crippen LogP contribution in [0.25, 0.3) is 11.3 Å². The number of nitrogens with zero attached hydrogens (tertiary/aromatic N) is 4. The van der Waals surface area contributed by atoms with Gasteiger partial charge in [-0.1, -0.05) is 17.3 Å². The molecule has 9 heteroatoms. The molecule has 0 N–H and O–H groups in total. The molecular formula is C27H27F3N4O2. The lowest BCUT2D eigenvalue weighted by Gasteiger charge is -2.13. The van der Waals surface area contributed by atoms with E-state index in [1.54, 1.807) is 18.3 Å². The standard InChI is InChI=1S/C27H27F3N4O2/c1-19-17-25(12-6-21(19)5-3-4-15-34-16-14-31-33-34)35-18-23-9-13-26(32-20(23)2)22-7-10-24(11-8-22)36-27(28,29)30/h6-14,16-17H,3-5,15,18H2,1-2H3. The number of pyridine rings is 1. The van der Waals surface area contributed by atoms with Crippen LogP contribution >= 0.6 is 0 Å². The average Bonchev–Trinajstić information content (AvgIpc) is 3.35. The zero-order valence-corrected chi connectivity index (χ0v) is 20.1. The van der Waals surface area contributed by atoms with Gasteiger partial charge in [0.15, 0.2) is 0 Å². The Hall–Kier alpha value is -3.88. The van der Waals surface area contributed by atoms with Crippen LogP contribution in [-0.4, -0.2) is 26.3 Å². The van der Waals surface area contributed by atoms with Crippen LogP contribution in [0.5, 0.6) is 11.5 Å². The van der Waals surface area contributed by atoms with Gasteiger partial charge in [0.1, 0.15) is 18.1 Å². The molecule has 4 rings (SSSR count). The van der Waals surface area contributed by atoms with Crippen LogP contribution in [0.3, 0.4) is 0 Å². The van der Waals surface area contributed by atoms with Gasteiger partial charge in [0.25, 0.3) is 0 Å². The number of halogens is 3. The Kier molecular flexibility index (Phi) is 7.87. The summed E-state index contributed by atoms with van der Waals surface area (Å²) in [6.45, 7) is 5.21. The molecule has 6 nitrogen and oxygen atoms in total. The lowest BCUT2D eigenvalue weighted by Crippen LogP contribution is -2.16. The highest BCUT2D eigenvalue weighted by Crippen LogP contribution is 2.27. The van der Waals surface area contributed by atoms with E-state index in [1.807, 2.05) is 36.0 Å². The third-order valence-corrected chi connectivity index (χ3v) is 5.84. The van der Waals surface area contributed by atoms with Crippen molar-refractivity contribution in [3.8, 4) is 22.8 Å². The fraction of sp³-hybridized carbons (Fsp3) is 0.296. The second-order valence-electron chi connectivity index (χ2n) is 8.51. The van der Waals surface area contributed by atoms with Gasteiger partial charge in [-0.3, -0.25) is 9.67 Å². The second-order valence-corrected chi connectivity index (χ2v) is 8.51. The molecule has 0 unspecified atom stereocenters. The van der Waals surface area contributed by atoms with Gasteiger partial charge in [-0.15, -0.1) is 18.3 Å². The van der Waals surface area contributed by atoms with Gasteiger partial charge in [0, 0.05) is 29.6 Å². The fourth-order valence-electron chi connectivity index (χ4n) is 3.87. The second kappa shape index (κ2) is 11.2. The zero-order valence-electron chi connectivity index (χ0n) is 20.1. The highest BCUT2D eigenvalue weighted by Gasteiger charge is 2.31. The number of aromatic nitrogens is 4. The van der Waals surface area contributed by atoms with Gasteiger partial charge < -0.3 is 9.47 Å². The molecule has 0 spiro atoms. The number of hydrogen-bond donors (Lipinski definition) is 0. The van der Waals surface area contributed by atoms with Crippen LogP contribution in [-0.2, 0) is 19.6 Å². The van der Waals surface area contributed by atoms with Crippen LogP contribution in [0.1, 0.15) is 35.2 Å². The molecule has 0 bridgehead atoms. The molecule has 36 heavy (non-hydrogen) atoms. The molecule has 2 aromatic heterocycles. The van der Waals surface area contributed by atoms with E-state index in [1.165, 1.54) is 23.3 Å². The van der Waals surface area contributed by atoms with Crippen molar-refractivity contribution < 1.29 is 22.6 Å². The highest BCUT2D eigenvalue weighted by atomic mass is 19.4. The molecule has 2 heterocycles. The molecule has 0 fully saturated rings. The number of alkyl halides is 3. The van der Waals surface area contributed by atoms with E-state index >= 15 is 0 Å². The van der Waals surface area contributed by atoms with Crippen molar-refractivity contribution in [3.63, 3.8) is 0 Å². The van der Waals surface area contributed by atoms with Gasteiger partial charge in [0.05, 0.1) is 11.9 Å². The number of aryl methyl sites for hydroxylation is 4. The van der Waals surface area contributed by atoms with E-state index in [0.29, 0.717) is 17.9 Å². The van der Waals surface area contributed by atoms with Crippen molar-refractivity contribution >= 4 is 0 Å². The van der Waals surface area contributed by atoms with Crippen LogP contribution in [0, 0.1) is 13.8 Å². The molecule has 0 aliphatic carbocycles. The number of ether oxygens (including phenoxy) is 2. The smallest absolute Gasteiger partial charge is 0.489 e. The molecule has 0 amide bonds. The predicted molar refractivity (Wildman–Crippen MR) is 130 cm³/mol. The van der Waals surface area contributed by atoms with Crippen LogP contribution < -0.4 is 9.47 Å². The molecule has 0 saturated carbocycles. The zero-order chi connectivity index (χ0) is 25.5. The van der Waals surface area contributed by atoms with Crippen LogP contribution in [0.4, 0.5) is 13.2 Å². The van der Waals surface area contributed by atoms with Crippen LogP contribution in [0.15, 0.2) is 67.0 Å². The Labute approximate surface area is 207 Å². The van der Waals surface area contributed by atoms with E-state index in [4.69, 9.17) is 4.74 Å². The maximum atomic E-state index is 12.4. The van der Waals surface area contributed by atoms with Crippen molar-refractivity contribution in [2.45, 2.75) is 52.6 Å². The third kappa shape index (κ3) is 7.07. The largest absolute Gasteiger partial charge is 0.573 e. The first-order chi connectivity index (χ1) is 17.3. The first kappa shape index (κ1) is 25.2. The lowest BCUT2D eigenvalue weighted by atomic mass is 10.0. The molecule has 4 aromatic rings. The van der Waals surface area contributed by atoms with Gasteiger partial charge >= 0.3 is 6.36 Å². The maximum absolute atomic E-state index is 12.4. The van der Waals surface area contributed by atoms with Crippen molar-refractivity contribution in [1.82, 2.24) is 20.0 Å². The summed E-state index contributed by atoms with van der Waals surface area (Å²) in [7, 11) is 0. The van der Waals surface area contributed by atoms with Gasteiger partial charge in [-0.2, -0.15) is 0 Å². The Morgan fingerprint density at radius 3 is 2.31 bits per heavy atom. The minimum atomic E-state index is -4.71. The minimum absolute atomic E-state index is 0.263. The summed E-state index contributed by atoms with van der Waals surface area (Å²) in [5.41, 5.74) is 5.59. The summed E-state index contributed by atoms with van der Waals surface area (Å²) in [6.07, 6.45) is 1.94. The number of unbranched alkanes of at least 4 members (excludes halogenated alkanes) is 1. The molecular weight excluding hydrogens is 469 g/mol. The summed E-state index contributed by atoms with van der Waals surface area (Å²) < 4.78 is 48.8. The normalized spacial score (nSPS) is 11.5. The summed E-state index contributed by atoms with van der Waals surface area (Å²) in [4.78, 5) is 4.60. The summed E-state index contributed by atoms with van der Waals surface area (Å²) >= 11 is 0. The Morgan fingerprint density at radius 2 is 1.64 bits per heavy atom. The van der Waals surface area contributed by atoms with Crippen molar-refractivity contribution in [2.24, 2.45) is 0 Å². The molecule has 0 aliphatic rings. The Bertz CT molecular complexity index is 1270. The third-order valence-electron chi connectivity index (χ3n) is 5.84. The minimum Gasteiger partial charge on any atom is -0.489 e. The number of benzene rings is 2. The van der Waals surface area contributed by atoms with E-state index in [-0.39, 0.29) is 5.75 Å². The Morgan fingerprint density at radius 1 is 0.889 bits per heavy atom. The number of rotatable bonds is 10. The molecule has 0 saturated heterocycles. The molecule has 0 atom stereocenters. The molecule has 0 aliphatic heterocycles. The monoisotopic (exact) mass is 496 g/mol. The first-order valence-corrected chi connectivity index (χ1v) is 11.7. The average molecular weight is 497 g/mol. The molecule has 188 valence electrons. The topological polar surface area (TPSA) is 62.1 Å². The van der Waals surface area contributed by atoms with E-state index < -0.39 is 6.36 Å². The predicted octanol–water partition coefficient (Wildman–Crippen LogP) is 6.46.